The van der Waals surface area contributed by atoms with Crippen molar-refractivity contribution in [3.8, 4) is 0 Å². The maximum atomic E-state index is 13.1. The van der Waals surface area contributed by atoms with Crippen LogP contribution in [0.4, 0.5) is 14.5 Å². The van der Waals surface area contributed by atoms with Gasteiger partial charge in [0, 0.05) is 12.6 Å². The molecule has 1 unspecified atom stereocenters. The van der Waals surface area contributed by atoms with Gasteiger partial charge < -0.3 is 10.4 Å². The van der Waals surface area contributed by atoms with E-state index in [1.165, 1.54) is 30.3 Å². The number of benzene rings is 2. The van der Waals surface area contributed by atoms with E-state index in [9.17, 15) is 28.8 Å². The first-order chi connectivity index (χ1) is 10.9. The van der Waals surface area contributed by atoms with Crippen molar-refractivity contribution >= 4 is 11.6 Å². The molecule has 0 saturated heterocycles. The van der Waals surface area contributed by atoms with E-state index in [-0.39, 0.29) is 23.4 Å². The molecule has 2 rings (SSSR count). The number of nitro groups is 1. The van der Waals surface area contributed by atoms with Crippen LogP contribution in [0.25, 0.3) is 0 Å². The highest BCUT2D eigenvalue weighted by Gasteiger charge is 2.20. The second-order valence-electron chi connectivity index (χ2n) is 4.67. The van der Waals surface area contributed by atoms with Gasteiger partial charge >= 0.3 is 0 Å². The van der Waals surface area contributed by atoms with Crippen molar-refractivity contribution in [2.24, 2.45) is 0 Å². The topological polar surface area (TPSA) is 92.5 Å². The van der Waals surface area contributed by atoms with E-state index in [1.54, 1.807) is 0 Å². The molecule has 0 saturated carbocycles. The fourth-order valence-electron chi connectivity index (χ4n) is 1.95. The first-order valence-corrected chi connectivity index (χ1v) is 6.54. The van der Waals surface area contributed by atoms with Crippen LogP contribution in [0.5, 0.6) is 0 Å². The molecule has 0 aromatic heterocycles. The molecular formula is C15H12F2N2O4. The van der Waals surface area contributed by atoms with Gasteiger partial charge in [-0.25, -0.2) is 8.78 Å². The summed E-state index contributed by atoms with van der Waals surface area (Å²) < 4.78 is 25.9. The van der Waals surface area contributed by atoms with Gasteiger partial charge in [0.25, 0.3) is 11.6 Å². The number of nitrogens with one attached hydrogen (secondary N) is 1. The summed E-state index contributed by atoms with van der Waals surface area (Å²) in [5.41, 5.74) is -0.450. The van der Waals surface area contributed by atoms with Gasteiger partial charge in [-0.05, 0) is 23.8 Å². The number of halogens is 2. The van der Waals surface area contributed by atoms with E-state index >= 15 is 0 Å². The molecule has 6 nitrogen and oxygen atoms in total. The van der Waals surface area contributed by atoms with Gasteiger partial charge in [-0.3, -0.25) is 14.9 Å². The Morgan fingerprint density at radius 2 is 1.91 bits per heavy atom. The molecule has 0 heterocycles. The summed E-state index contributed by atoms with van der Waals surface area (Å²) in [5.74, 6) is -2.92. The fraction of sp³-hybridized carbons (Fsp3) is 0.133. The Bertz CT molecular complexity index is 752. The average Bonchev–Trinajstić information content (AvgIpc) is 2.54. The molecule has 0 aliphatic rings. The van der Waals surface area contributed by atoms with Crippen molar-refractivity contribution in [2.45, 2.75) is 6.10 Å². The van der Waals surface area contributed by atoms with Crippen LogP contribution in [0, 0.1) is 21.7 Å². The fourth-order valence-corrected chi connectivity index (χ4v) is 1.95. The molecule has 23 heavy (non-hydrogen) atoms. The molecule has 2 aromatic rings. The number of hydrogen-bond donors (Lipinski definition) is 2. The number of aliphatic hydroxyl groups excluding tert-OH is 1. The second kappa shape index (κ2) is 6.93. The van der Waals surface area contributed by atoms with Gasteiger partial charge in [0.05, 0.1) is 11.0 Å². The third-order valence-electron chi connectivity index (χ3n) is 3.13. The lowest BCUT2D eigenvalue weighted by molar-refractivity contribution is -0.385. The summed E-state index contributed by atoms with van der Waals surface area (Å²) in [6.07, 6.45) is -1.28. The maximum Gasteiger partial charge on any atom is 0.282 e. The largest absolute Gasteiger partial charge is 0.387 e. The molecule has 0 spiro atoms. The molecule has 2 aromatic carbocycles. The molecular weight excluding hydrogens is 310 g/mol. The van der Waals surface area contributed by atoms with Crippen molar-refractivity contribution in [1.29, 1.82) is 0 Å². The van der Waals surface area contributed by atoms with Crippen LogP contribution in [0.2, 0.25) is 0 Å². The second-order valence-corrected chi connectivity index (χ2v) is 4.67. The van der Waals surface area contributed by atoms with Gasteiger partial charge in [0.2, 0.25) is 0 Å². The van der Waals surface area contributed by atoms with E-state index in [2.05, 4.69) is 5.32 Å². The predicted octanol–water partition coefficient (Wildman–Crippen LogP) is 2.34. The molecule has 0 radical (unpaired) electrons. The van der Waals surface area contributed by atoms with Crippen LogP contribution >= 0.6 is 0 Å². The van der Waals surface area contributed by atoms with Crippen molar-refractivity contribution in [2.75, 3.05) is 6.54 Å². The summed E-state index contributed by atoms with van der Waals surface area (Å²) in [7, 11) is 0. The normalized spacial score (nSPS) is 11.8. The van der Waals surface area contributed by atoms with Gasteiger partial charge in [0.15, 0.2) is 11.6 Å². The highest BCUT2D eigenvalue weighted by atomic mass is 19.2. The number of carbonyl (C=O) groups excluding carboxylic acids is 1. The standard InChI is InChI=1S/C15H12F2N2O4/c16-11-6-5-9(7-12(11)17)14(20)8-18-15(21)10-3-1-2-4-13(10)19(22)23/h1-7,14,20H,8H2,(H,18,21). The number of nitrogens with zero attached hydrogens (tertiary/aromatic N) is 1. The minimum absolute atomic E-state index is 0.0757. The summed E-state index contributed by atoms with van der Waals surface area (Å²) in [5, 5.41) is 23.0. The molecule has 1 atom stereocenters. The minimum Gasteiger partial charge on any atom is -0.387 e. The Kier molecular flexibility index (Phi) is 4.97. The zero-order valence-corrected chi connectivity index (χ0v) is 11.7. The maximum absolute atomic E-state index is 13.1. The zero-order valence-electron chi connectivity index (χ0n) is 11.7. The molecule has 8 heteroatoms. The average molecular weight is 322 g/mol. The number of aliphatic hydroxyl groups is 1. The van der Waals surface area contributed by atoms with Crippen LogP contribution in [0.3, 0.4) is 0 Å². The van der Waals surface area contributed by atoms with Gasteiger partial charge in [0.1, 0.15) is 5.56 Å². The summed E-state index contributed by atoms with van der Waals surface area (Å²) in [4.78, 5) is 22.1. The highest BCUT2D eigenvalue weighted by Crippen LogP contribution is 2.19. The lowest BCUT2D eigenvalue weighted by atomic mass is 10.1. The number of rotatable bonds is 5. The molecule has 0 fully saturated rings. The summed E-state index contributed by atoms with van der Waals surface area (Å²) in [6.45, 7) is -0.310. The van der Waals surface area contributed by atoms with Crippen LogP contribution in [0.1, 0.15) is 22.0 Å². The van der Waals surface area contributed by atoms with E-state index in [0.717, 1.165) is 12.1 Å². The van der Waals surface area contributed by atoms with Crippen LogP contribution in [-0.2, 0) is 0 Å². The SMILES string of the molecule is O=C(NCC(O)c1ccc(F)c(F)c1)c1ccccc1[N+](=O)[O-]. The van der Waals surface area contributed by atoms with Gasteiger partial charge in [-0.15, -0.1) is 0 Å². The van der Waals surface area contributed by atoms with Crippen molar-refractivity contribution in [3.05, 3.63) is 75.3 Å². The van der Waals surface area contributed by atoms with Crippen molar-refractivity contribution in [3.63, 3.8) is 0 Å². The van der Waals surface area contributed by atoms with Crippen molar-refractivity contribution < 1.29 is 23.6 Å². The lowest BCUT2D eigenvalue weighted by Gasteiger charge is -2.12. The highest BCUT2D eigenvalue weighted by molar-refractivity contribution is 5.98. The Labute approximate surface area is 129 Å². The van der Waals surface area contributed by atoms with E-state index in [4.69, 9.17) is 0 Å². The smallest absolute Gasteiger partial charge is 0.282 e. The van der Waals surface area contributed by atoms with E-state index in [1.807, 2.05) is 0 Å². The number of amides is 1. The van der Waals surface area contributed by atoms with E-state index < -0.39 is 28.6 Å². The number of carbonyl (C=O) groups is 1. The molecule has 0 bridgehead atoms. The third-order valence-corrected chi connectivity index (χ3v) is 3.13. The molecule has 2 N–H and O–H groups in total. The van der Waals surface area contributed by atoms with Crippen LogP contribution in [0.15, 0.2) is 42.5 Å². The Morgan fingerprint density at radius 1 is 1.22 bits per heavy atom. The Hall–Kier alpha value is -2.87. The number of hydrogen-bond acceptors (Lipinski definition) is 4. The van der Waals surface area contributed by atoms with Crippen LogP contribution in [-0.4, -0.2) is 22.5 Å². The molecule has 120 valence electrons. The first kappa shape index (κ1) is 16.5. The molecule has 1 amide bonds. The predicted molar refractivity (Wildman–Crippen MR) is 76.7 cm³/mol. The summed E-state index contributed by atoms with van der Waals surface area (Å²) >= 11 is 0. The van der Waals surface area contributed by atoms with Gasteiger partial charge in [-0.1, -0.05) is 18.2 Å². The van der Waals surface area contributed by atoms with Gasteiger partial charge in [-0.2, -0.15) is 0 Å². The van der Waals surface area contributed by atoms with E-state index in [0.29, 0.717) is 0 Å². The monoisotopic (exact) mass is 322 g/mol. The van der Waals surface area contributed by atoms with Crippen LogP contribution < -0.4 is 5.32 Å². The molecule has 0 aliphatic carbocycles. The molecule has 0 aliphatic heterocycles. The quantitative estimate of drug-likeness (QED) is 0.653. The number of para-hydroxylation sites is 1. The summed E-state index contributed by atoms with van der Waals surface area (Å²) in [6, 6.07) is 8.20. The zero-order chi connectivity index (χ0) is 17.0. The Morgan fingerprint density at radius 3 is 2.57 bits per heavy atom. The lowest BCUT2D eigenvalue weighted by Crippen LogP contribution is -2.29. The third kappa shape index (κ3) is 3.86. The Balaban J connectivity index is 2.07. The van der Waals surface area contributed by atoms with Crippen molar-refractivity contribution in [1.82, 2.24) is 5.32 Å². The number of nitro benzene ring substituents is 1. The minimum atomic E-state index is -1.28. The first-order valence-electron chi connectivity index (χ1n) is 6.54.